The number of nitrogens with two attached hydrogens (primary N) is 1. The fourth-order valence-electron chi connectivity index (χ4n) is 1.77. The van der Waals surface area contributed by atoms with Crippen LogP contribution >= 0.6 is 15.9 Å². The third kappa shape index (κ3) is 3.31. The predicted octanol–water partition coefficient (Wildman–Crippen LogP) is 2.94. The van der Waals surface area contributed by atoms with E-state index < -0.39 is 0 Å². The van der Waals surface area contributed by atoms with Gasteiger partial charge in [-0.3, -0.25) is 4.98 Å². The highest BCUT2D eigenvalue weighted by atomic mass is 79.9. The SMILES string of the molecule is CN(Cc1ccc(Br)cc1)c1ccnc(CN)c1. The zero-order valence-electron chi connectivity index (χ0n) is 10.3. The maximum absolute atomic E-state index is 5.60. The molecule has 18 heavy (non-hydrogen) atoms. The van der Waals surface area contributed by atoms with Crippen LogP contribution in [0.2, 0.25) is 0 Å². The summed E-state index contributed by atoms with van der Waals surface area (Å²) in [5, 5.41) is 0. The highest BCUT2D eigenvalue weighted by Crippen LogP contribution is 2.17. The highest BCUT2D eigenvalue weighted by molar-refractivity contribution is 9.10. The van der Waals surface area contributed by atoms with Crippen molar-refractivity contribution in [2.75, 3.05) is 11.9 Å². The number of aromatic nitrogens is 1. The van der Waals surface area contributed by atoms with E-state index >= 15 is 0 Å². The molecule has 3 nitrogen and oxygen atoms in total. The number of hydrogen-bond donors (Lipinski definition) is 1. The molecule has 1 aromatic heterocycles. The minimum Gasteiger partial charge on any atom is -0.370 e. The molecule has 0 fully saturated rings. The van der Waals surface area contributed by atoms with Gasteiger partial charge in [0, 0.05) is 36.5 Å². The van der Waals surface area contributed by atoms with Gasteiger partial charge in [-0.1, -0.05) is 28.1 Å². The minimum atomic E-state index is 0.472. The van der Waals surface area contributed by atoms with Gasteiger partial charge in [-0.05, 0) is 29.8 Å². The van der Waals surface area contributed by atoms with Gasteiger partial charge in [0.05, 0.1) is 5.69 Å². The van der Waals surface area contributed by atoms with Crippen LogP contribution < -0.4 is 10.6 Å². The highest BCUT2D eigenvalue weighted by Gasteiger charge is 2.03. The van der Waals surface area contributed by atoms with E-state index in [9.17, 15) is 0 Å². The number of rotatable bonds is 4. The Morgan fingerprint density at radius 1 is 1.22 bits per heavy atom. The summed E-state index contributed by atoms with van der Waals surface area (Å²) in [6.45, 7) is 1.33. The van der Waals surface area contributed by atoms with Gasteiger partial charge >= 0.3 is 0 Å². The van der Waals surface area contributed by atoms with Crippen molar-refractivity contribution in [3.05, 3.63) is 58.3 Å². The zero-order valence-corrected chi connectivity index (χ0v) is 11.9. The summed E-state index contributed by atoms with van der Waals surface area (Å²) >= 11 is 3.44. The Hall–Kier alpha value is -1.39. The number of benzene rings is 1. The Labute approximate surface area is 116 Å². The summed E-state index contributed by atoms with van der Waals surface area (Å²) in [5.74, 6) is 0. The molecule has 1 heterocycles. The topological polar surface area (TPSA) is 42.2 Å². The van der Waals surface area contributed by atoms with Crippen LogP contribution in [0.1, 0.15) is 11.3 Å². The van der Waals surface area contributed by atoms with E-state index in [1.165, 1.54) is 5.56 Å². The summed E-state index contributed by atoms with van der Waals surface area (Å²) in [7, 11) is 2.07. The van der Waals surface area contributed by atoms with Crippen LogP contribution in [0.5, 0.6) is 0 Å². The fraction of sp³-hybridized carbons (Fsp3) is 0.214. The molecule has 0 bridgehead atoms. The lowest BCUT2D eigenvalue weighted by molar-refractivity contribution is 0.908. The molecule has 0 radical (unpaired) electrons. The first-order valence-electron chi connectivity index (χ1n) is 5.79. The third-order valence-electron chi connectivity index (χ3n) is 2.78. The van der Waals surface area contributed by atoms with Gasteiger partial charge < -0.3 is 10.6 Å². The second kappa shape index (κ2) is 5.98. The van der Waals surface area contributed by atoms with E-state index in [0.29, 0.717) is 6.54 Å². The van der Waals surface area contributed by atoms with Crippen LogP contribution in [0, 0.1) is 0 Å². The maximum atomic E-state index is 5.60. The van der Waals surface area contributed by atoms with E-state index in [0.717, 1.165) is 22.4 Å². The second-order valence-electron chi connectivity index (χ2n) is 4.19. The molecule has 94 valence electrons. The average Bonchev–Trinajstić information content (AvgIpc) is 2.41. The Kier molecular flexibility index (Phi) is 4.33. The smallest absolute Gasteiger partial charge is 0.0560 e. The summed E-state index contributed by atoms with van der Waals surface area (Å²) in [6, 6.07) is 12.4. The Morgan fingerprint density at radius 3 is 2.61 bits per heavy atom. The van der Waals surface area contributed by atoms with E-state index in [-0.39, 0.29) is 0 Å². The molecule has 0 unspecified atom stereocenters. The van der Waals surface area contributed by atoms with E-state index in [2.05, 4.69) is 57.1 Å². The molecule has 4 heteroatoms. The van der Waals surface area contributed by atoms with Gasteiger partial charge in [-0.2, -0.15) is 0 Å². The summed E-state index contributed by atoms with van der Waals surface area (Å²) in [4.78, 5) is 6.39. The molecule has 0 amide bonds. The average molecular weight is 306 g/mol. The van der Waals surface area contributed by atoms with Crippen LogP contribution in [0.15, 0.2) is 47.1 Å². The van der Waals surface area contributed by atoms with Crippen molar-refractivity contribution in [1.29, 1.82) is 0 Å². The Balaban J connectivity index is 2.11. The fourth-order valence-corrected chi connectivity index (χ4v) is 2.03. The Bertz CT molecular complexity index is 511. The molecule has 0 saturated heterocycles. The second-order valence-corrected chi connectivity index (χ2v) is 5.11. The molecule has 2 aromatic rings. The normalized spacial score (nSPS) is 10.4. The molecule has 0 aliphatic heterocycles. The van der Waals surface area contributed by atoms with Gasteiger partial charge in [0.15, 0.2) is 0 Å². The lowest BCUT2D eigenvalue weighted by Crippen LogP contribution is -2.17. The summed E-state index contributed by atoms with van der Waals surface area (Å²) < 4.78 is 1.10. The maximum Gasteiger partial charge on any atom is 0.0560 e. The van der Waals surface area contributed by atoms with Crippen molar-refractivity contribution >= 4 is 21.6 Å². The largest absolute Gasteiger partial charge is 0.370 e. The first-order chi connectivity index (χ1) is 8.69. The van der Waals surface area contributed by atoms with E-state index in [4.69, 9.17) is 5.73 Å². The van der Waals surface area contributed by atoms with Gasteiger partial charge in [-0.25, -0.2) is 0 Å². The lowest BCUT2D eigenvalue weighted by atomic mass is 10.2. The summed E-state index contributed by atoms with van der Waals surface area (Å²) in [6.07, 6.45) is 1.80. The van der Waals surface area contributed by atoms with Crippen molar-refractivity contribution in [2.45, 2.75) is 13.1 Å². The van der Waals surface area contributed by atoms with Gasteiger partial charge in [0.2, 0.25) is 0 Å². The molecule has 1 aromatic carbocycles. The quantitative estimate of drug-likeness (QED) is 0.944. The molecule has 2 rings (SSSR count). The van der Waals surface area contributed by atoms with Crippen molar-refractivity contribution in [2.24, 2.45) is 5.73 Å². The van der Waals surface area contributed by atoms with Gasteiger partial charge in [-0.15, -0.1) is 0 Å². The molecular weight excluding hydrogens is 290 g/mol. The van der Waals surface area contributed by atoms with E-state index in [1.807, 2.05) is 12.1 Å². The van der Waals surface area contributed by atoms with Crippen LogP contribution in [0.25, 0.3) is 0 Å². The molecule has 0 spiro atoms. The summed E-state index contributed by atoms with van der Waals surface area (Å²) in [5.41, 5.74) is 8.92. The van der Waals surface area contributed by atoms with Crippen molar-refractivity contribution in [1.82, 2.24) is 4.98 Å². The predicted molar refractivity (Wildman–Crippen MR) is 78.4 cm³/mol. The molecule has 0 aliphatic carbocycles. The number of halogens is 1. The molecule has 0 aliphatic rings. The standard InChI is InChI=1S/C14H16BrN3/c1-18(10-11-2-4-12(15)5-3-11)14-6-7-17-13(8-14)9-16/h2-8H,9-10,16H2,1H3. The molecular formula is C14H16BrN3. The first-order valence-corrected chi connectivity index (χ1v) is 6.59. The monoisotopic (exact) mass is 305 g/mol. The molecule has 2 N–H and O–H groups in total. The first kappa shape index (κ1) is 13.1. The van der Waals surface area contributed by atoms with Crippen LogP contribution in [0.3, 0.4) is 0 Å². The third-order valence-corrected chi connectivity index (χ3v) is 3.31. The number of nitrogens with zero attached hydrogens (tertiary/aromatic N) is 2. The van der Waals surface area contributed by atoms with E-state index in [1.54, 1.807) is 6.20 Å². The number of anilines is 1. The van der Waals surface area contributed by atoms with Crippen LogP contribution in [-0.4, -0.2) is 12.0 Å². The number of pyridine rings is 1. The molecule has 0 saturated carbocycles. The minimum absolute atomic E-state index is 0.472. The van der Waals surface area contributed by atoms with Gasteiger partial charge in [0.1, 0.15) is 0 Å². The van der Waals surface area contributed by atoms with Crippen LogP contribution in [0.4, 0.5) is 5.69 Å². The zero-order chi connectivity index (χ0) is 13.0. The van der Waals surface area contributed by atoms with Crippen molar-refractivity contribution in [3.63, 3.8) is 0 Å². The lowest BCUT2D eigenvalue weighted by Gasteiger charge is -2.19. The van der Waals surface area contributed by atoms with Crippen molar-refractivity contribution < 1.29 is 0 Å². The molecule has 0 atom stereocenters. The van der Waals surface area contributed by atoms with Gasteiger partial charge in [0.25, 0.3) is 0 Å². The number of hydrogen-bond acceptors (Lipinski definition) is 3. The van der Waals surface area contributed by atoms with Crippen molar-refractivity contribution in [3.8, 4) is 0 Å². The Morgan fingerprint density at radius 2 is 1.94 bits per heavy atom. The van der Waals surface area contributed by atoms with Crippen LogP contribution in [-0.2, 0) is 13.1 Å².